The first-order valence-electron chi connectivity index (χ1n) is 13.5. The average Bonchev–Trinajstić information content (AvgIpc) is 3.02. The van der Waals surface area contributed by atoms with Crippen molar-refractivity contribution < 1.29 is 23.9 Å². The van der Waals surface area contributed by atoms with Crippen molar-refractivity contribution in [3.8, 4) is 11.5 Å². The van der Waals surface area contributed by atoms with Crippen LogP contribution < -0.4 is 25.4 Å². The Morgan fingerprint density at radius 2 is 1.40 bits per heavy atom. The van der Waals surface area contributed by atoms with Crippen LogP contribution in [-0.4, -0.2) is 37.2 Å². The molecule has 220 valence electrons. The molecular formula is C34H33N3O5S. The number of nitrogens with one attached hydrogen (secondary N) is 3. The monoisotopic (exact) mass is 595 g/mol. The summed E-state index contributed by atoms with van der Waals surface area (Å²) in [7, 11) is 3.06. The number of amides is 3. The van der Waals surface area contributed by atoms with Crippen LogP contribution in [0.15, 0.2) is 108 Å². The lowest BCUT2D eigenvalue weighted by molar-refractivity contribution is -0.115. The van der Waals surface area contributed by atoms with Crippen LogP contribution in [0.25, 0.3) is 6.08 Å². The van der Waals surface area contributed by atoms with Crippen molar-refractivity contribution in [3.05, 3.63) is 119 Å². The molecule has 43 heavy (non-hydrogen) atoms. The van der Waals surface area contributed by atoms with E-state index in [9.17, 15) is 14.4 Å². The molecular weight excluding hydrogens is 562 g/mol. The van der Waals surface area contributed by atoms with Gasteiger partial charge in [0.2, 0.25) is 5.91 Å². The molecule has 0 aliphatic rings. The molecule has 0 radical (unpaired) electrons. The van der Waals surface area contributed by atoms with Gasteiger partial charge in [-0.05, 0) is 86.2 Å². The van der Waals surface area contributed by atoms with Crippen LogP contribution in [0.2, 0.25) is 0 Å². The lowest BCUT2D eigenvalue weighted by Gasteiger charge is -2.14. The maximum absolute atomic E-state index is 13.4. The summed E-state index contributed by atoms with van der Waals surface area (Å²) in [5.41, 5.74) is 3.47. The lowest BCUT2D eigenvalue weighted by atomic mass is 10.1. The number of anilines is 2. The standard InChI is InChI=1S/C34H33N3O5S/c1-22-10-13-26(14-11-22)35-32(38)23(2)43-28-17-15-27(16-18-28)36-34(40)29(37-33(39)25-8-6-5-7-9-25)20-24-12-19-30(41-3)31(21-24)42-4/h5-21,23H,1-4H3,(H,35,38)(H,36,40)(H,37,39)/b29-20-. The predicted molar refractivity (Wildman–Crippen MR) is 172 cm³/mol. The molecule has 4 aromatic carbocycles. The van der Waals surface area contributed by atoms with Crippen molar-refractivity contribution in [2.24, 2.45) is 0 Å². The van der Waals surface area contributed by atoms with Crippen LogP contribution in [0.5, 0.6) is 11.5 Å². The number of methoxy groups -OCH3 is 2. The van der Waals surface area contributed by atoms with Crippen molar-refractivity contribution >= 4 is 46.9 Å². The van der Waals surface area contributed by atoms with Gasteiger partial charge in [-0.1, -0.05) is 42.0 Å². The zero-order valence-corrected chi connectivity index (χ0v) is 25.2. The van der Waals surface area contributed by atoms with Crippen LogP contribution in [-0.2, 0) is 9.59 Å². The summed E-state index contributed by atoms with van der Waals surface area (Å²) in [6.45, 7) is 3.83. The Morgan fingerprint density at radius 3 is 2.05 bits per heavy atom. The second-order valence-electron chi connectivity index (χ2n) is 9.59. The SMILES string of the molecule is COc1ccc(/C=C(\NC(=O)c2ccccc2)C(=O)Nc2ccc(SC(C)C(=O)Nc3ccc(C)cc3)cc2)cc1OC. The molecule has 0 saturated carbocycles. The number of carbonyl (C=O) groups is 3. The number of carbonyl (C=O) groups excluding carboxylic acids is 3. The van der Waals surface area contributed by atoms with Crippen molar-refractivity contribution in [3.63, 3.8) is 0 Å². The van der Waals surface area contributed by atoms with Gasteiger partial charge in [0.25, 0.3) is 11.8 Å². The van der Waals surface area contributed by atoms with Crippen LogP contribution in [0.3, 0.4) is 0 Å². The van der Waals surface area contributed by atoms with E-state index in [0.717, 1.165) is 16.1 Å². The smallest absolute Gasteiger partial charge is 0.272 e. The Kier molecular flexibility index (Phi) is 10.6. The molecule has 0 aromatic heterocycles. The fourth-order valence-electron chi connectivity index (χ4n) is 4.01. The summed E-state index contributed by atoms with van der Waals surface area (Å²) in [5, 5.41) is 8.16. The van der Waals surface area contributed by atoms with Gasteiger partial charge >= 0.3 is 0 Å². The minimum absolute atomic E-state index is 0.0425. The molecule has 4 rings (SSSR count). The number of rotatable bonds is 11. The number of thioether (sulfide) groups is 1. The van der Waals surface area contributed by atoms with E-state index in [1.54, 1.807) is 60.7 Å². The Hall–Kier alpha value is -5.02. The highest BCUT2D eigenvalue weighted by atomic mass is 32.2. The summed E-state index contributed by atoms with van der Waals surface area (Å²) in [5.74, 6) is -0.0121. The average molecular weight is 596 g/mol. The lowest BCUT2D eigenvalue weighted by Crippen LogP contribution is -2.30. The van der Waals surface area contributed by atoms with E-state index in [1.807, 2.05) is 56.3 Å². The van der Waals surface area contributed by atoms with E-state index >= 15 is 0 Å². The van der Waals surface area contributed by atoms with Crippen LogP contribution in [0.1, 0.15) is 28.4 Å². The molecule has 0 heterocycles. The van der Waals surface area contributed by atoms with E-state index in [1.165, 1.54) is 26.0 Å². The quantitative estimate of drug-likeness (QED) is 0.134. The molecule has 1 unspecified atom stereocenters. The molecule has 0 bridgehead atoms. The van der Waals surface area contributed by atoms with Gasteiger partial charge in [0.1, 0.15) is 5.70 Å². The molecule has 0 saturated heterocycles. The second-order valence-corrected chi connectivity index (χ2v) is 11.0. The first-order chi connectivity index (χ1) is 20.7. The summed E-state index contributed by atoms with van der Waals surface area (Å²) in [6, 6.07) is 28.6. The summed E-state index contributed by atoms with van der Waals surface area (Å²) in [4.78, 5) is 39.9. The van der Waals surface area contributed by atoms with E-state index in [-0.39, 0.29) is 16.9 Å². The van der Waals surface area contributed by atoms with Gasteiger partial charge in [-0.3, -0.25) is 14.4 Å². The topological polar surface area (TPSA) is 106 Å². The summed E-state index contributed by atoms with van der Waals surface area (Å²) < 4.78 is 10.7. The number of benzene rings is 4. The minimum atomic E-state index is -0.509. The van der Waals surface area contributed by atoms with Crippen molar-refractivity contribution in [2.75, 3.05) is 24.9 Å². The van der Waals surface area contributed by atoms with Gasteiger partial charge < -0.3 is 25.4 Å². The molecule has 0 spiro atoms. The predicted octanol–water partition coefficient (Wildman–Crippen LogP) is 6.54. The van der Waals surface area contributed by atoms with Crippen molar-refractivity contribution in [1.82, 2.24) is 5.32 Å². The van der Waals surface area contributed by atoms with Crippen LogP contribution in [0.4, 0.5) is 11.4 Å². The number of ether oxygens (including phenoxy) is 2. The first-order valence-corrected chi connectivity index (χ1v) is 14.4. The number of aryl methyl sites for hydroxylation is 1. The van der Waals surface area contributed by atoms with Crippen molar-refractivity contribution in [1.29, 1.82) is 0 Å². The Labute approximate surface area is 255 Å². The van der Waals surface area contributed by atoms with Gasteiger partial charge in [-0.25, -0.2) is 0 Å². The molecule has 3 N–H and O–H groups in total. The molecule has 1 atom stereocenters. The molecule has 0 aliphatic heterocycles. The molecule has 0 fully saturated rings. The third kappa shape index (κ3) is 8.73. The van der Waals surface area contributed by atoms with Crippen LogP contribution in [0, 0.1) is 6.92 Å². The third-order valence-electron chi connectivity index (χ3n) is 6.36. The second kappa shape index (κ2) is 14.7. The van der Waals surface area contributed by atoms with E-state index < -0.39 is 11.8 Å². The fraction of sp³-hybridized carbons (Fsp3) is 0.147. The highest BCUT2D eigenvalue weighted by Crippen LogP contribution is 2.29. The molecule has 9 heteroatoms. The third-order valence-corrected chi connectivity index (χ3v) is 7.47. The molecule has 8 nitrogen and oxygen atoms in total. The molecule has 3 amide bonds. The highest BCUT2D eigenvalue weighted by molar-refractivity contribution is 8.00. The Bertz CT molecular complexity index is 1600. The maximum atomic E-state index is 13.4. The van der Waals surface area contributed by atoms with Gasteiger partial charge in [0.15, 0.2) is 11.5 Å². The Morgan fingerprint density at radius 1 is 0.767 bits per heavy atom. The zero-order valence-electron chi connectivity index (χ0n) is 24.3. The first kappa shape index (κ1) is 30.9. The minimum Gasteiger partial charge on any atom is -0.493 e. The summed E-state index contributed by atoms with van der Waals surface area (Å²) in [6.07, 6.45) is 1.57. The number of hydrogen-bond donors (Lipinski definition) is 3. The largest absolute Gasteiger partial charge is 0.493 e. The fourth-order valence-corrected chi connectivity index (χ4v) is 4.87. The Balaban J connectivity index is 1.47. The van der Waals surface area contributed by atoms with Gasteiger partial charge in [0, 0.05) is 21.8 Å². The van der Waals surface area contributed by atoms with E-state index in [2.05, 4.69) is 16.0 Å². The van der Waals surface area contributed by atoms with Gasteiger partial charge in [0.05, 0.1) is 19.5 Å². The highest BCUT2D eigenvalue weighted by Gasteiger charge is 2.17. The molecule has 4 aromatic rings. The summed E-state index contributed by atoms with van der Waals surface area (Å²) >= 11 is 1.41. The van der Waals surface area contributed by atoms with Gasteiger partial charge in [-0.15, -0.1) is 11.8 Å². The van der Waals surface area contributed by atoms with Crippen LogP contribution >= 0.6 is 11.8 Å². The normalized spacial score (nSPS) is 11.7. The number of hydrogen-bond acceptors (Lipinski definition) is 6. The van der Waals surface area contributed by atoms with Gasteiger partial charge in [-0.2, -0.15) is 0 Å². The molecule has 0 aliphatic carbocycles. The van der Waals surface area contributed by atoms with E-state index in [0.29, 0.717) is 28.3 Å². The maximum Gasteiger partial charge on any atom is 0.272 e. The van der Waals surface area contributed by atoms with Crippen molar-refractivity contribution in [2.45, 2.75) is 24.0 Å². The van der Waals surface area contributed by atoms with E-state index in [4.69, 9.17) is 9.47 Å². The zero-order chi connectivity index (χ0) is 30.8.